The smallest absolute Gasteiger partial charge is 0.339 e. The second-order valence-corrected chi connectivity index (χ2v) is 12.4. The van der Waals surface area contributed by atoms with E-state index in [2.05, 4.69) is 17.9 Å². The van der Waals surface area contributed by atoms with Crippen molar-refractivity contribution in [3.63, 3.8) is 0 Å². The molecule has 10 heteroatoms. The van der Waals surface area contributed by atoms with E-state index in [4.69, 9.17) is 28.5 Å². The fourth-order valence-corrected chi connectivity index (χ4v) is 6.24. The summed E-state index contributed by atoms with van der Waals surface area (Å²) in [4.78, 5) is 40.0. The van der Waals surface area contributed by atoms with Crippen LogP contribution in [0.15, 0.2) is 62.8 Å². The Kier molecular flexibility index (Phi) is 10.5. The van der Waals surface area contributed by atoms with Gasteiger partial charge >= 0.3 is 17.6 Å². The summed E-state index contributed by atoms with van der Waals surface area (Å²) in [5, 5.41) is 19.2. The number of hydrogen-bond acceptors (Lipinski definition) is 10. The van der Waals surface area contributed by atoms with Crippen LogP contribution >= 0.6 is 0 Å². The first-order valence-corrected chi connectivity index (χ1v) is 15.7. The molecule has 2 bridgehead atoms. The van der Waals surface area contributed by atoms with Gasteiger partial charge in [0.25, 0.3) is 0 Å². The molecule has 10 nitrogen and oxygen atoms in total. The zero-order valence-corrected chi connectivity index (χ0v) is 27.1. The van der Waals surface area contributed by atoms with E-state index >= 15 is 0 Å². The number of allylic oxidation sites excluding steroid dienone is 1. The number of benzene rings is 2. The first-order valence-electron chi connectivity index (χ1n) is 15.7. The minimum absolute atomic E-state index is 0.00752. The third kappa shape index (κ3) is 7.43. The number of fused-ring (bicyclic) bond motifs is 6. The van der Waals surface area contributed by atoms with E-state index in [1.165, 1.54) is 6.92 Å². The third-order valence-electron chi connectivity index (χ3n) is 8.65. The number of carbonyl (C=O) groups excluding carboxylic acids is 2. The first-order chi connectivity index (χ1) is 22.5. The van der Waals surface area contributed by atoms with Crippen molar-refractivity contribution in [2.24, 2.45) is 0 Å². The number of esters is 2. The largest absolute Gasteiger partial charge is 0.482 e. The highest BCUT2D eigenvalue weighted by Crippen LogP contribution is 2.48. The summed E-state index contributed by atoms with van der Waals surface area (Å²) < 4.78 is 29.8. The fraction of sp³-hybridized carbons (Fsp3) is 0.432. The maximum atomic E-state index is 13.9. The molecule has 0 saturated carbocycles. The van der Waals surface area contributed by atoms with Gasteiger partial charge in [-0.1, -0.05) is 41.7 Å². The molecule has 0 aliphatic carbocycles. The van der Waals surface area contributed by atoms with E-state index in [0.717, 1.165) is 16.7 Å². The van der Waals surface area contributed by atoms with Gasteiger partial charge in [0.1, 0.15) is 18.1 Å². The van der Waals surface area contributed by atoms with Crippen molar-refractivity contribution >= 4 is 22.9 Å². The lowest BCUT2D eigenvalue weighted by atomic mass is 9.83. The van der Waals surface area contributed by atoms with Crippen LogP contribution in [0.2, 0.25) is 0 Å². The number of aliphatic hydroxyl groups excluding tert-OH is 2. The maximum absolute atomic E-state index is 13.9. The van der Waals surface area contributed by atoms with E-state index < -0.39 is 48.1 Å². The Labute approximate surface area is 273 Å². The van der Waals surface area contributed by atoms with Crippen molar-refractivity contribution in [3.05, 3.63) is 86.3 Å². The molecule has 0 radical (unpaired) electrons. The highest BCUT2D eigenvalue weighted by atomic mass is 16.6. The van der Waals surface area contributed by atoms with Crippen LogP contribution in [0.1, 0.15) is 81.2 Å². The number of ether oxygens (including phenoxy) is 4. The minimum Gasteiger partial charge on any atom is -0.482 e. The van der Waals surface area contributed by atoms with E-state index in [9.17, 15) is 19.5 Å². The summed E-state index contributed by atoms with van der Waals surface area (Å²) >= 11 is 0. The lowest BCUT2D eigenvalue weighted by Gasteiger charge is -2.44. The number of aliphatic hydroxyl groups is 2. The lowest BCUT2D eigenvalue weighted by Crippen LogP contribution is -2.54. The second-order valence-electron chi connectivity index (χ2n) is 12.4. The number of carbonyl (C=O) groups is 2. The zero-order valence-electron chi connectivity index (χ0n) is 27.1. The van der Waals surface area contributed by atoms with Gasteiger partial charge in [0.05, 0.1) is 18.6 Å². The van der Waals surface area contributed by atoms with Crippen molar-refractivity contribution in [1.82, 2.24) is 0 Å². The monoisotopic (exact) mass is 644 g/mol. The highest BCUT2D eigenvalue weighted by Gasteiger charge is 2.52. The van der Waals surface area contributed by atoms with Crippen LogP contribution in [-0.4, -0.2) is 53.9 Å². The van der Waals surface area contributed by atoms with E-state index in [-0.39, 0.29) is 42.8 Å². The average Bonchev–Trinajstić information content (AvgIpc) is 3.02. The minimum atomic E-state index is -1.25. The maximum Gasteiger partial charge on any atom is 0.339 e. The van der Waals surface area contributed by atoms with Crippen molar-refractivity contribution in [1.29, 1.82) is 0 Å². The quantitative estimate of drug-likeness (QED) is 0.121. The summed E-state index contributed by atoms with van der Waals surface area (Å²) in [6.45, 7) is 5.97. The highest BCUT2D eigenvalue weighted by molar-refractivity contribution is 5.90. The van der Waals surface area contributed by atoms with Crippen LogP contribution < -0.4 is 10.4 Å². The van der Waals surface area contributed by atoms with Gasteiger partial charge in [-0.2, -0.15) is 0 Å². The molecule has 5 rings (SSSR count). The van der Waals surface area contributed by atoms with Crippen molar-refractivity contribution in [3.8, 4) is 17.6 Å². The molecule has 0 amide bonds. The summed E-state index contributed by atoms with van der Waals surface area (Å²) in [5.41, 5.74) is 2.12. The molecule has 2 aliphatic heterocycles. The Morgan fingerprint density at radius 3 is 2.57 bits per heavy atom. The molecule has 4 atom stereocenters. The fourth-order valence-electron chi connectivity index (χ4n) is 6.24. The number of rotatable bonds is 7. The molecule has 1 aromatic heterocycles. The van der Waals surface area contributed by atoms with Gasteiger partial charge in [-0.05, 0) is 69.4 Å². The van der Waals surface area contributed by atoms with Crippen LogP contribution in [0.3, 0.4) is 0 Å². The predicted molar refractivity (Wildman–Crippen MR) is 173 cm³/mol. The predicted octanol–water partition coefficient (Wildman–Crippen LogP) is 4.81. The van der Waals surface area contributed by atoms with Crippen molar-refractivity contribution in [2.45, 2.75) is 83.5 Å². The van der Waals surface area contributed by atoms with Gasteiger partial charge in [0.2, 0.25) is 0 Å². The van der Waals surface area contributed by atoms with Crippen LogP contribution in [0.5, 0.6) is 5.75 Å². The molecule has 248 valence electrons. The van der Waals surface area contributed by atoms with E-state index in [0.29, 0.717) is 36.0 Å². The topological polar surface area (TPSA) is 142 Å². The van der Waals surface area contributed by atoms with Crippen LogP contribution in [-0.2, 0) is 36.6 Å². The molecule has 3 aromatic rings. The Morgan fingerprint density at radius 1 is 1.06 bits per heavy atom. The molecule has 2 aromatic carbocycles. The molecule has 0 saturated heterocycles. The normalized spacial score (nSPS) is 21.6. The molecular formula is C37H40O10. The molecule has 0 fully saturated rings. The molecular weight excluding hydrogens is 604 g/mol. The van der Waals surface area contributed by atoms with Gasteiger partial charge in [0, 0.05) is 42.4 Å². The standard InChI is InChI=1S/C37H40O10/c1-22(2)28-13-11-25-10-7-9-24(18-25)8-5-6-16-37(4)34(46-35(28)41)33(44-23(3)40)31-30(47-37)14-12-26-19-29(36(42)45-32(26)31)27(15-17-38)20-43-21-39/h7,9-10,12,14,18-19,27,33-34,38-39H,8,11,13,15-17,20-21H2,1-4H3/t27-,33-,34+,37-/m1/s1. The van der Waals surface area contributed by atoms with Gasteiger partial charge < -0.3 is 33.6 Å². The molecule has 0 unspecified atom stereocenters. The molecule has 3 heterocycles. The Bertz CT molecular complexity index is 1810. The SMILES string of the molecule is CC(=O)O[C@@H]1c2c(ccc3cc([C@H](CCO)COCO)c(=O)oc23)O[C@]2(C)CC#CCc3cccc(c3)CCC(=C(C)C)C(=O)O[C@@H]12. The van der Waals surface area contributed by atoms with Gasteiger partial charge in [-0.3, -0.25) is 4.79 Å². The van der Waals surface area contributed by atoms with Crippen LogP contribution in [0.25, 0.3) is 11.0 Å². The summed E-state index contributed by atoms with van der Waals surface area (Å²) in [5.74, 6) is 4.96. The van der Waals surface area contributed by atoms with Gasteiger partial charge in [-0.15, -0.1) is 0 Å². The van der Waals surface area contributed by atoms with Crippen molar-refractivity contribution in [2.75, 3.05) is 20.0 Å². The zero-order chi connectivity index (χ0) is 33.7. The molecule has 0 spiro atoms. The molecule has 47 heavy (non-hydrogen) atoms. The molecule has 2 N–H and O–H groups in total. The van der Waals surface area contributed by atoms with Crippen molar-refractivity contribution < 1.29 is 43.2 Å². The number of aryl methyl sites for hydroxylation is 1. The Hall–Kier alpha value is -4.43. The second kappa shape index (κ2) is 14.6. The van der Waals surface area contributed by atoms with Gasteiger partial charge in [0.15, 0.2) is 17.8 Å². The lowest BCUT2D eigenvalue weighted by molar-refractivity contribution is -0.188. The summed E-state index contributed by atoms with van der Waals surface area (Å²) in [7, 11) is 0. The third-order valence-corrected chi connectivity index (χ3v) is 8.65. The van der Waals surface area contributed by atoms with E-state index in [1.54, 1.807) is 25.1 Å². The Balaban J connectivity index is 1.66. The van der Waals surface area contributed by atoms with E-state index in [1.807, 2.05) is 32.0 Å². The number of hydrogen-bond donors (Lipinski definition) is 2. The summed E-state index contributed by atoms with van der Waals surface area (Å²) in [6, 6.07) is 13.2. The average molecular weight is 645 g/mol. The summed E-state index contributed by atoms with van der Waals surface area (Å²) in [6.07, 6.45) is -0.445. The van der Waals surface area contributed by atoms with Gasteiger partial charge in [-0.25, -0.2) is 9.59 Å². The van der Waals surface area contributed by atoms with Crippen LogP contribution in [0.4, 0.5) is 0 Å². The Morgan fingerprint density at radius 2 is 1.85 bits per heavy atom. The first kappa shape index (κ1) is 33.9. The molecule has 2 aliphatic rings. The van der Waals surface area contributed by atoms with Crippen LogP contribution in [0, 0.1) is 11.8 Å².